The number of carbonyl (C=O) groups is 1. The van der Waals surface area contributed by atoms with Crippen LogP contribution < -0.4 is 0 Å². The number of likely N-dealkylation sites (tertiary alicyclic amines) is 1. The quantitative estimate of drug-likeness (QED) is 0.342. The van der Waals surface area contributed by atoms with Crippen molar-refractivity contribution in [3.63, 3.8) is 0 Å². The molecular weight excluding hydrogens is 423 g/mol. The van der Waals surface area contributed by atoms with Crippen molar-refractivity contribution in [1.82, 2.24) is 9.47 Å². The van der Waals surface area contributed by atoms with Crippen LogP contribution in [0.5, 0.6) is 0 Å². The van der Waals surface area contributed by atoms with Crippen LogP contribution >= 0.6 is 11.6 Å². The van der Waals surface area contributed by atoms with Gasteiger partial charge in [0.2, 0.25) is 0 Å². The molecule has 0 bridgehead atoms. The predicted octanol–water partition coefficient (Wildman–Crippen LogP) is 6.69. The topological polar surface area (TPSA) is 25.2 Å². The molecule has 0 atom stereocenters. The van der Waals surface area contributed by atoms with Crippen LogP contribution in [0.2, 0.25) is 5.02 Å². The fourth-order valence-electron chi connectivity index (χ4n) is 4.48. The highest BCUT2D eigenvalue weighted by Gasteiger charge is 2.24. The molecule has 2 heterocycles. The first-order chi connectivity index (χ1) is 15.5. The highest BCUT2D eigenvalue weighted by atomic mass is 35.5. The van der Waals surface area contributed by atoms with Crippen LogP contribution in [-0.2, 0) is 6.54 Å². The second-order valence-corrected chi connectivity index (χ2v) is 8.92. The van der Waals surface area contributed by atoms with Crippen molar-refractivity contribution in [2.45, 2.75) is 26.3 Å². The average Bonchev–Trinajstić information content (AvgIpc) is 3.45. The SMILES string of the molecule is Cc1cc(-c2ccc3c(c2)cc(C(=O)N2CCCC2)n3Cc2ccc(Cl)cc2)ccc1F. The number of carbonyl (C=O) groups excluding carboxylic acids is 1. The number of nitrogens with zero attached hydrogens (tertiary/aromatic N) is 2. The minimum absolute atomic E-state index is 0.0758. The van der Waals surface area contributed by atoms with Gasteiger partial charge in [-0.3, -0.25) is 4.79 Å². The molecule has 1 saturated heterocycles. The largest absolute Gasteiger partial charge is 0.337 e. The van der Waals surface area contributed by atoms with Crippen molar-refractivity contribution in [2.24, 2.45) is 0 Å². The highest BCUT2D eigenvalue weighted by Crippen LogP contribution is 2.30. The minimum atomic E-state index is -0.206. The predicted molar refractivity (Wildman–Crippen MR) is 128 cm³/mol. The Morgan fingerprint density at radius 2 is 1.62 bits per heavy atom. The van der Waals surface area contributed by atoms with Gasteiger partial charge in [0.1, 0.15) is 11.5 Å². The van der Waals surface area contributed by atoms with E-state index >= 15 is 0 Å². The van der Waals surface area contributed by atoms with E-state index in [1.165, 1.54) is 6.07 Å². The third-order valence-electron chi connectivity index (χ3n) is 6.26. The summed E-state index contributed by atoms with van der Waals surface area (Å²) in [5.74, 6) is -0.130. The molecule has 0 unspecified atom stereocenters. The van der Waals surface area contributed by atoms with Crippen molar-refractivity contribution in [3.8, 4) is 11.1 Å². The normalized spacial score (nSPS) is 13.8. The van der Waals surface area contributed by atoms with E-state index in [4.69, 9.17) is 11.6 Å². The van der Waals surface area contributed by atoms with E-state index < -0.39 is 0 Å². The van der Waals surface area contributed by atoms with Crippen LogP contribution in [0.25, 0.3) is 22.0 Å². The van der Waals surface area contributed by atoms with E-state index in [-0.39, 0.29) is 11.7 Å². The molecule has 1 fully saturated rings. The summed E-state index contributed by atoms with van der Waals surface area (Å²) in [6.07, 6.45) is 2.11. The summed E-state index contributed by atoms with van der Waals surface area (Å²) >= 11 is 6.06. The fourth-order valence-corrected chi connectivity index (χ4v) is 4.60. The van der Waals surface area contributed by atoms with Gasteiger partial charge in [0.15, 0.2) is 0 Å². The van der Waals surface area contributed by atoms with Gasteiger partial charge < -0.3 is 9.47 Å². The molecule has 0 radical (unpaired) electrons. The van der Waals surface area contributed by atoms with E-state index in [1.54, 1.807) is 13.0 Å². The minimum Gasteiger partial charge on any atom is -0.337 e. The van der Waals surface area contributed by atoms with Crippen LogP contribution in [0.15, 0.2) is 66.7 Å². The molecule has 0 saturated carbocycles. The first kappa shape index (κ1) is 20.8. The van der Waals surface area contributed by atoms with Crippen LogP contribution in [0, 0.1) is 12.7 Å². The summed E-state index contributed by atoms with van der Waals surface area (Å²) in [7, 11) is 0. The lowest BCUT2D eigenvalue weighted by molar-refractivity contribution is 0.0783. The van der Waals surface area contributed by atoms with Gasteiger partial charge in [-0.05, 0) is 84.5 Å². The van der Waals surface area contributed by atoms with Crippen LogP contribution in [-0.4, -0.2) is 28.5 Å². The molecule has 4 aromatic rings. The summed E-state index contributed by atoms with van der Waals surface area (Å²) in [6.45, 7) is 3.97. The molecule has 1 aliphatic rings. The fraction of sp³-hybridized carbons (Fsp3) is 0.222. The van der Waals surface area contributed by atoms with Crippen molar-refractivity contribution in [2.75, 3.05) is 13.1 Å². The molecule has 5 rings (SSSR count). The molecule has 0 spiro atoms. The standard InChI is InChI=1S/C27H24ClFN2O/c1-18-14-20(6-10-24(18)29)21-7-11-25-22(15-21)16-26(27(32)30-12-2-3-13-30)31(25)17-19-4-8-23(28)9-5-19/h4-11,14-16H,2-3,12-13,17H2,1H3. The second-order valence-electron chi connectivity index (χ2n) is 8.48. The first-order valence-electron chi connectivity index (χ1n) is 10.9. The number of fused-ring (bicyclic) bond motifs is 1. The lowest BCUT2D eigenvalue weighted by atomic mass is 10.0. The van der Waals surface area contributed by atoms with E-state index in [0.29, 0.717) is 22.8 Å². The zero-order valence-corrected chi connectivity index (χ0v) is 18.7. The lowest BCUT2D eigenvalue weighted by Crippen LogP contribution is -2.29. The molecule has 5 heteroatoms. The average molecular weight is 447 g/mol. The number of amides is 1. The van der Waals surface area contributed by atoms with Crippen LogP contribution in [0.1, 0.15) is 34.5 Å². The molecule has 3 aromatic carbocycles. The number of aromatic nitrogens is 1. The van der Waals surface area contributed by atoms with Crippen molar-refractivity contribution in [1.29, 1.82) is 0 Å². The van der Waals surface area contributed by atoms with Gasteiger partial charge in [0, 0.05) is 35.6 Å². The molecule has 32 heavy (non-hydrogen) atoms. The number of aryl methyl sites for hydroxylation is 1. The monoisotopic (exact) mass is 446 g/mol. The second kappa shape index (κ2) is 8.44. The molecular formula is C27H24ClFN2O. The molecule has 1 aromatic heterocycles. The Hall–Kier alpha value is -3.11. The van der Waals surface area contributed by atoms with Gasteiger partial charge in [0.05, 0.1) is 0 Å². The number of rotatable bonds is 4. The van der Waals surface area contributed by atoms with Gasteiger partial charge in [-0.2, -0.15) is 0 Å². The molecule has 1 aliphatic heterocycles. The highest BCUT2D eigenvalue weighted by molar-refractivity contribution is 6.30. The summed E-state index contributed by atoms with van der Waals surface area (Å²) < 4.78 is 15.8. The Bertz CT molecular complexity index is 1300. The maximum Gasteiger partial charge on any atom is 0.270 e. The van der Waals surface area contributed by atoms with Gasteiger partial charge in [0.25, 0.3) is 5.91 Å². The van der Waals surface area contributed by atoms with E-state index in [9.17, 15) is 9.18 Å². The van der Waals surface area contributed by atoms with E-state index in [2.05, 4.69) is 16.7 Å². The molecule has 162 valence electrons. The maximum absolute atomic E-state index is 13.7. The first-order valence-corrected chi connectivity index (χ1v) is 11.3. The summed E-state index contributed by atoms with van der Waals surface area (Å²) in [5.41, 5.74) is 5.37. The Morgan fingerprint density at radius 1 is 0.938 bits per heavy atom. The van der Waals surface area contributed by atoms with Crippen LogP contribution in [0.4, 0.5) is 4.39 Å². The summed E-state index contributed by atoms with van der Waals surface area (Å²) in [5, 5.41) is 1.69. The van der Waals surface area contributed by atoms with Gasteiger partial charge in [-0.25, -0.2) is 4.39 Å². The van der Waals surface area contributed by atoms with Gasteiger partial charge in [-0.1, -0.05) is 35.9 Å². The van der Waals surface area contributed by atoms with E-state index in [0.717, 1.165) is 53.5 Å². The zero-order chi connectivity index (χ0) is 22.2. The number of hydrogen-bond acceptors (Lipinski definition) is 1. The molecule has 1 amide bonds. The molecule has 0 aliphatic carbocycles. The van der Waals surface area contributed by atoms with Gasteiger partial charge in [-0.15, -0.1) is 0 Å². The summed E-state index contributed by atoms with van der Waals surface area (Å²) in [4.78, 5) is 15.3. The third-order valence-corrected chi connectivity index (χ3v) is 6.51. The number of halogens is 2. The van der Waals surface area contributed by atoms with Gasteiger partial charge >= 0.3 is 0 Å². The number of hydrogen-bond donors (Lipinski definition) is 0. The van der Waals surface area contributed by atoms with Crippen molar-refractivity contribution >= 4 is 28.4 Å². The van der Waals surface area contributed by atoms with Crippen molar-refractivity contribution < 1.29 is 9.18 Å². The maximum atomic E-state index is 13.7. The Kier molecular flexibility index (Phi) is 5.48. The Morgan fingerprint density at radius 3 is 2.34 bits per heavy atom. The van der Waals surface area contributed by atoms with Crippen LogP contribution in [0.3, 0.4) is 0 Å². The lowest BCUT2D eigenvalue weighted by Gasteiger charge is -2.17. The van der Waals surface area contributed by atoms with Crippen molar-refractivity contribution in [3.05, 3.63) is 94.4 Å². The van der Waals surface area contributed by atoms with E-state index in [1.807, 2.05) is 47.4 Å². The Balaban J connectivity index is 1.60. The molecule has 0 N–H and O–H groups in total. The molecule has 3 nitrogen and oxygen atoms in total. The number of benzene rings is 3. The smallest absolute Gasteiger partial charge is 0.270 e. The Labute approximate surface area is 192 Å². The summed E-state index contributed by atoms with van der Waals surface area (Å²) in [6, 6.07) is 21.1. The third kappa shape index (κ3) is 3.91. The zero-order valence-electron chi connectivity index (χ0n) is 17.9.